The molecular weight excluding hydrogens is 367 g/mol. The van der Waals surface area contributed by atoms with Crippen molar-refractivity contribution in [2.75, 3.05) is 16.8 Å². The van der Waals surface area contributed by atoms with Crippen LogP contribution in [0.1, 0.15) is 18.4 Å². The molecule has 1 heterocycles. The lowest BCUT2D eigenvalue weighted by molar-refractivity contribution is 0.556. The number of thiocarbonyl (C=S) groups is 1. The molecule has 0 atom stereocenters. The van der Waals surface area contributed by atoms with Crippen LogP contribution in [-0.4, -0.2) is 31.0 Å². The minimum Gasteiger partial charge on any atom is -0.389 e. The van der Waals surface area contributed by atoms with Crippen molar-refractivity contribution in [3.63, 3.8) is 0 Å². The van der Waals surface area contributed by atoms with Crippen LogP contribution in [0.25, 0.3) is 0 Å². The molecule has 1 fully saturated rings. The van der Waals surface area contributed by atoms with E-state index in [1.165, 1.54) is 0 Å². The van der Waals surface area contributed by atoms with Crippen molar-refractivity contribution in [3.8, 4) is 0 Å². The van der Waals surface area contributed by atoms with Gasteiger partial charge in [-0.25, -0.2) is 12.8 Å². The van der Waals surface area contributed by atoms with Crippen molar-refractivity contribution < 1.29 is 12.8 Å². The van der Waals surface area contributed by atoms with Gasteiger partial charge >= 0.3 is 0 Å². The van der Waals surface area contributed by atoms with Gasteiger partial charge in [-0.1, -0.05) is 12.2 Å². The fourth-order valence-corrected chi connectivity index (χ4v) is 4.46. The summed E-state index contributed by atoms with van der Waals surface area (Å²) in [6, 6.07) is 3.16. The first-order valence-electron chi connectivity index (χ1n) is 6.05. The molecule has 3 N–H and O–H groups in total. The van der Waals surface area contributed by atoms with Crippen LogP contribution in [0, 0.1) is 5.82 Å². The summed E-state index contributed by atoms with van der Waals surface area (Å²) >= 11 is 7.97. The van der Waals surface area contributed by atoms with Crippen LogP contribution < -0.4 is 11.1 Å². The van der Waals surface area contributed by atoms with Crippen molar-refractivity contribution in [1.29, 1.82) is 0 Å². The van der Waals surface area contributed by atoms with E-state index in [1.807, 2.05) is 0 Å². The van der Waals surface area contributed by atoms with Gasteiger partial charge in [0, 0.05) is 11.6 Å². The average molecular weight is 381 g/mol. The monoisotopic (exact) mass is 380 g/mol. The summed E-state index contributed by atoms with van der Waals surface area (Å²) in [7, 11) is -2.92. The molecule has 1 aliphatic rings. The lowest BCUT2D eigenvalue weighted by Crippen LogP contribution is -2.32. The van der Waals surface area contributed by atoms with Crippen molar-refractivity contribution >= 4 is 48.7 Å². The first kappa shape index (κ1) is 15.7. The molecule has 0 aromatic heterocycles. The van der Waals surface area contributed by atoms with E-state index in [2.05, 4.69) is 21.2 Å². The number of benzene rings is 1. The number of rotatable bonds is 3. The van der Waals surface area contributed by atoms with Gasteiger partial charge in [-0.05, 0) is 40.9 Å². The van der Waals surface area contributed by atoms with Crippen molar-refractivity contribution in [2.45, 2.75) is 18.9 Å². The fourth-order valence-electron chi connectivity index (χ4n) is 2.11. The van der Waals surface area contributed by atoms with Crippen LogP contribution in [0.2, 0.25) is 0 Å². The number of hydrogen-bond acceptors (Lipinski definition) is 4. The largest absolute Gasteiger partial charge is 0.389 e. The number of hydrogen-bond donors (Lipinski definition) is 2. The molecular formula is C12H14BrFN2O2S2. The van der Waals surface area contributed by atoms with E-state index in [9.17, 15) is 12.8 Å². The third kappa shape index (κ3) is 3.48. The predicted molar refractivity (Wildman–Crippen MR) is 85.3 cm³/mol. The molecule has 20 heavy (non-hydrogen) atoms. The van der Waals surface area contributed by atoms with Gasteiger partial charge in [-0.15, -0.1) is 0 Å². The summed E-state index contributed by atoms with van der Waals surface area (Å²) in [6.07, 6.45) is 0.965. The summed E-state index contributed by atoms with van der Waals surface area (Å²) in [4.78, 5) is 0.117. The first-order valence-corrected chi connectivity index (χ1v) is 9.07. The zero-order chi connectivity index (χ0) is 14.9. The smallest absolute Gasteiger partial charge is 0.161 e. The van der Waals surface area contributed by atoms with Gasteiger partial charge in [0.05, 0.1) is 21.7 Å². The molecule has 1 aromatic rings. The minimum absolute atomic E-state index is 0.0457. The molecule has 1 aliphatic heterocycles. The Bertz CT molecular complexity index is 635. The molecule has 8 heteroatoms. The van der Waals surface area contributed by atoms with Gasteiger partial charge in [-0.3, -0.25) is 0 Å². The molecule has 4 nitrogen and oxygen atoms in total. The Balaban J connectivity index is 2.15. The maximum absolute atomic E-state index is 14.2. The van der Waals surface area contributed by atoms with Gasteiger partial charge in [0.25, 0.3) is 0 Å². The normalized spacial score (nSPS) is 18.7. The van der Waals surface area contributed by atoms with E-state index in [4.69, 9.17) is 18.0 Å². The summed E-state index contributed by atoms with van der Waals surface area (Å²) in [5, 5.41) is 3.04. The molecule has 0 aliphatic carbocycles. The van der Waals surface area contributed by atoms with E-state index in [1.54, 1.807) is 12.1 Å². The zero-order valence-electron chi connectivity index (χ0n) is 10.5. The third-order valence-corrected chi connectivity index (χ3v) is 5.97. The second-order valence-corrected chi connectivity index (χ2v) is 8.26. The standard InChI is InChI=1S/C12H14BrFN2O2S2/c13-10-8(12(15)19)1-2-9(11(10)14)16-7-3-5-20(17,18)6-4-7/h1-2,7,16H,3-6H2,(H2,15,19). The van der Waals surface area contributed by atoms with Gasteiger partial charge in [0.15, 0.2) is 5.82 Å². The van der Waals surface area contributed by atoms with Gasteiger partial charge in [0.2, 0.25) is 0 Å². The second kappa shape index (κ2) is 5.95. The topological polar surface area (TPSA) is 72.2 Å². The van der Waals surface area contributed by atoms with Crippen LogP contribution >= 0.6 is 28.1 Å². The Morgan fingerprint density at radius 2 is 2.00 bits per heavy atom. The first-order chi connectivity index (χ1) is 9.30. The molecule has 0 amide bonds. The van der Waals surface area contributed by atoms with Gasteiger partial charge in [-0.2, -0.15) is 0 Å². The van der Waals surface area contributed by atoms with Crippen LogP contribution in [0.3, 0.4) is 0 Å². The Morgan fingerprint density at radius 3 is 2.55 bits per heavy atom. The van der Waals surface area contributed by atoms with Crippen LogP contribution in [0.5, 0.6) is 0 Å². The van der Waals surface area contributed by atoms with Crippen LogP contribution in [-0.2, 0) is 9.84 Å². The van der Waals surface area contributed by atoms with E-state index in [0.717, 1.165) is 0 Å². The number of halogens is 2. The molecule has 0 bridgehead atoms. The third-order valence-electron chi connectivity index (χ3n) is 3.26. The Hall–Kier alpha value is -0.730. The summed E-state index contributed by atoms with van der Waals surface area (Å²) in [5.74, 6) is -0.194. The molecule has 110 valence electrons. The quantitative estimate of drug-likeness (QED) is 0.786. The Labute approximate surface area is 131 Å². The van der Waals surface area contributed by atoms with Gasteiger partial charge < -0.3 is 11.1 Å². The predicted octanol–water partition coefficient (Wildman–Crippen LogP) is 2.21. The number of anilines is 1. The van der Waals surface area contributed by atoms with E-state index >= 15 is 0 Å². The van der Waals surface area contributed by atoms with E-state index in [-0.39, 0.29) is 27.0 Å². The highest BCUT2D eigenvalue weighted by atomic mass is 79.9. The molecule has 0 saturated carbocycles. The molecule has 0 unspecified atom stereocenters. The lowest BCUT2D eigenvalue weighted by Gasteiger charge is -2.24. The average Bonchev–Trinajstić information content (AvgIpc) is 2.37. The zero-order valence-corrected chi connectivity index (χ0v) is 13.7. The fraction of sp³-hybridized carbons (Fsp3) is 0.417. The molecule has 2 rings (SSSR count). The SMILES string of the molecule is NC(=S)c1ccc(NC2CCS(=O)(=O)CC2)c(F)c1Br. The Kier molecular flexibility index (Phi) is 4.66. The Morgan fingerprint density at radius 1 is 1.40 bits per heavy atom. The summed E-state index contributed by atoms with van der Waals surface area (Å²) < 4.78 is 37.1. The van der Waals surface area contributed by atoms with Crippen molar-refractivity contribution in [1.82, 2.24) is 0 Å². The lowest BCUT2D eigenvalue weighted by atomic mass is 10.1. The van der Waals surface area contributed by atoms with E-state index < -0.39 is 15.7 Å². The highest BCUT2D eigenvalue weighted by molar-refractivity contribution is 9.10. The molecule has 0 spiro atoms. The van der Waals surface area contributed by atoms with Crippen LogP contribution in [0.4, 0.5) is 10.1 Å². The summed E-state index contributed by atoms with van der Waals surface area (Å²) in [6.45, 7) is 0. The van der Waals surface area contributed by atoms with Crippen molar-refractivity contribution in [2.24, 2.45) is 5.73 Å². The minimum atomic E-state index is -2.92. The number of nitrogens with two attached hydrogens (primary N) is 1. The molecule has 1 aromatic carbocycles. The van der Waals surface area contributed by atoms with E-state index in [0.29, 0.717) is 24.1 Å². The maximum atomic E-state index is 14.2. The maximum Gasteiger partial charge on any atom is 0.161 e. The second-order valence-electron chi connectivity index (χ2n) is 4.72. The van der Waals surface area contributed by atoms with Crippen molar-refractivity contribution in [3.05, 3.63) is 28.0 Å². The van der Waals surface area contributed by atoms with Crippen LogP contribution in [0.15, 0.2) is 16.6 Å². The highest BCUT2D eigenvalue weighted by Crippen LogP contribution is 2.28. The summed E-state index contributed by atoms with van der Waals surface area (Å²) in [5.41, 5.74) is 6.25. The molecule has 1 saturated heterocycles. The molecule has 0 radical (unpaired) electrons. The van der Waals surface area contributed by atoms with Gasteiger partial charge in [0.1, 0.15) is 14.8 Å². The number of sulfone groups is 1. The number of nitrogens with one attached hydrogen (secondary N) is 1. The highest BCUT2D eigenvalue weighted by Gasteiger charge is 2.24.